The maximum Gasteiger partial charge on any atom is 0.265 e. The molecule has 0 fully saturated rings. The average Bonchev–Trinajstić information content (AvgIpc) is 2.48. The Bertz CT molecular complexity index is 740. The summed E-state index contributed by atoms with van der Waals surface area (Å²) >= 11 is 0. The van der Waals surface area contributed by atoms with Gasteiger partial charge in [-0.1, -0.05) is 12.1 Å². The molecule has 0 aliphatic carbocycles. The van der Waals surface area contributed by atoms with E-state index >= 15 is 0 Å². The predicted molar refractivity (Wildman–Crippen MR) is 79.4 cm³/mol. The van der Waals surface area contributed by atoms with E-state index in [-0.39, 0.29) is 11.7 Å². The van der Waals surface area contributed by atoms with E-state index < -0.39 is 6.10 Å². The molecule has 1 unspecified atom stereocenters. The monoisotopic (exact) mass is 282 g/mol. The van der Waals surface area contributed by atoms with Gasteiger partial charge in [0.25, 0.3) is 5.91 Å². The van der Waals surface area contributed by atoms with Gasteiger partial charge in [0.15, 0.2) is 11.9 Å². The maximum absolute atomic E-state index is 12.5. The van der Waals surface area contributed by atoms with Gasteiger partial charge >= 0.3 is 0 Å². The minimum Gasteiger partial charge on any atom is -0.479 e. The minimum absolute atomic E-state index is 0.191. The van der Waals surface area contributed by atoms with E-state index in [2.05, 4.69) is 5.32 Å². The second-order valence-corrected chi connectivity index (χ2v) is 4.88. The number of benzene rings is 2. The van der Waals surface area contributed by atoms with Crippen LogP contribution in [-0.4, -0.2) is 17.8 Å². The van der Waals surface area contributed by atoms with E-state index in [1.807, 2.05) is 0 Å². The summed E-state index contributed by atoms with van der Waals surface area (Å²) in [5, 5.41) is 2.72. The molecule has 0 aromatic heterocycles. The van der Waals surface area contributed by atoms with Gasteiger partial charge in [0.05, 0.1) is 5.69 Å². The number of carbonyl (C=O) groups excluding carboxylic acids is 2. The molecule has 5 nitrogen and oxygen atoms in total. The summed E-state index contributed by atoms with van der Waals surface area (Å²) in [7, 11) is 0. The van der Waals surface area contributed by atoms with Gasteiger partial charge in [-0.3, -0.25) is 9.59 Å². The third-order valence-corrected chi connectivity index (χ3v) is 3.38. The Kier molecular flexibility index (Phi) is 3.10. The Hall–Kier alpha value is -2.82. The first-order chi connectivity index (χ1) is 10.1. The molecule has 3 rings (SSSR count). The molecule has 5 heteroatoms. The van der Waals surface area contributed by atoms with Crippen LogP contribution in [0.3, 0.4) is 0 Å². The molecule has 0 saturated carbocycles. The fourth-order valence-corrected chi connectivity index (χ4v) is 2.21. The molecule has 0 saturated heterocycles. The van der Waals surface area contributed by atoms with E-state index in [1.165, 1.54) is 0 Å². The van der Waals surface area contributed by atoms with Crippen molar-refractivity contribution in [2.75, 3.05) is 11.1 Å². The molecule has 1 aliphatic heterocycles. The number of fused-ring (bicyclic) bond motifs is 1. The van der Waals surface area contributed by atoms with Gasteiger partial charge in [-0.05, 0) is 37.3 Å². The Morgan fingerprint density at radius 2 is 2.00 bits per heavy atom. The highest BCUT2D eigenvalue weighted by Gasteiger charge is 2.24. The molecule has 0 radical (unpaired) electrons. The molecular formula is C16H14N2O3. The van der Waals surface area contributed by atoms with Crippen molar-refractivity contribution in [3.8, 4) is 5.75 Å². The fraction of sp³-hybridized carbons (Fsp3) is 0.125. The van der Waals surface area contributed by atoms with Crippen molar-refractivity contribution < 1.29 is 14.3 Å². The molecule has 2 aromatic carbocycles. The van der Waals surface area contributed by atoms with Crippen molar-refractivity contribution in [1.29, 1.82) is 0 Å². The molecule has 2 aromatic rings. The largest absolute Gasteiger partial charge is 0.479 e. The number of nitrogens with two attached hydrogens (primary N) is 1. The van der Waals surface area contributed by atoms with Crippen molar-refractivity contribution in [2.24, 2.45) is 0 Å². The lowest BCUT2D eigenvalue weighted by atomic mass is 10.0. The topological polar surface area (TPSA) is 81.4 Å². The Labute approximate surface area is 121 Å². The highest BCUT2D eigenvalue weighted by atomic mass is 16.5. The van der Waals surface area contributed by atoms with E-state index in [0.717, 1.165) is 0 Å². The Morgan fingerprint density at radius 1 is 1.24 bits per heavy atom. The lowest BCUT2D eigenvalue weighted by Gasteiger charge is -2.23. The van der Waals surface area contributed by atoms with Crippen LogP contribution in [0.15, 0.2) is 42.5 Å². The number of para-hydroxylation sites is 1. The third kappa shape index (κ3) is 2.33. The van der Waals surface area contributed by atoms with Gasteiger partial charge in [0, 0.05) is 16.8 Å². The quantitative estimate of drug-likeness (QED) is 0.653. The Morgan fingerprint density at radius 3 is 2.76 bits per heavy atom. The third-order valence-electron chi connectivity index (χ3n) is 3.38. The standard InChI is InChI=1S/C16H14N2O3/c1-9-16(20)18-13-8-10(6-7-14(13)21-9)15(19)11-4-2-3-5-12(11)17/h2-9H,17H2,1H3,(H,18,20). The number of amides is 1. The molecule has 1 atom stereocenters. The van der Waals surface area contributed by atoms with Crippen LogP contribution in [0.25, 0.3) is 0 Å². The molecule has 3 N–H and O–H groups in total. The van der Waals surface area contributed by atoms with Crippen molar-refractivity contribution >= 4 is 23.1 Å². The van der Waals surface area contributed by atoms with Crippen molar-refractivity contribution in [3.63, 3.8) is 0 Å². The molecule has 21 heavy (non-hydrogen) atoms. The lowest BCUT2D eigenvalue weighted by Crippen LogP contribution is -2.34. The van der Waals surface area contributed by atoms with E-state index in [4.69, 9.17) is 10.5 Å². The molecule has 106 valence electrons. The fourth-order valence-electron chi connectivity index (χ4n) is 2.21. The molecule has 1 heterocycles. The molecule has 0 spiro atoms. The molecule has 1 amide bonds. The van der Waals surface area contributed by atoms with Gasteiger partial charge in [-0.25, -0.2) is 0 Å². The highest BCUT2D eigenvalue weighted by molar-refractivity contribution is 6.13. The highest BCUT2D eigenvalue weighted by Crippen LogP contribution is 2.31. The first kappa shape index (κ1) is 13.2. The SMILES string of the molecule is CC1Oc2ccc(C(=O)c3ccccc3N)cc2NC1=O. The second-order valence-electron chi connectivity index (χ2n) is 4.88. The van der Waals surface area contributed by atoms with Crippen LogP contribution in [0.2, 0.25) is 0 Å². The van der Waals surface area contributed by atoms with Gasteiger partial charge in [-0.15, -0.1) is 0 Å². The van der Waals surface area contributed by atoms with E-state index in [9.17, 15) is 9.59 Å². The van der Waals surface area contributed by atoms with Gasteiger partial charge in [0.1, 0.15) is 5.75 Å². The van der Waals surface area contributed by atoms with Crippen LogP contribution >= 0.6 is 0 Å². The smallest absolute Gasteiger partial charge is 0.265 e. The Balaban J connectivity index is 1.98. The van der Waals surface area contributed by atoms with Gasteiger partial charge < -0.3 is 15.8 Å². The summed E-state index contributed by atoms with van der Waals surface area (Å²) in [5.41, 5.74) is 7.63. The van der Waals surface area contributed by atoms with Crippen LogP contribution in [0.4, 0.5) is 11.4 Å². The van der Waals surface area contributed by atoms with E-state index in [1.54, 1.807) is 49.4 Å². The van der Waals surface area contributed by atoms with Crippen LogP contribution in [0.5, 0.6) is 5.75 Å². The van der Waals surface area contributed by atoms with Crippen LogP contribution in [-0.2, 0) is 4.79 Å². The van der Waals surface area contributed by atoms with Crippen molar-refractivity contribution in [3.05, 3.63) is 53.6 Å². The second kappa shape index (κ2) is 4.94. The summed E-state index contributed by atoms with van der Waals surface area (Å²) in [6, 6.07) is 11.8. The van der Waals surface area contributed by atoms with Crippen LogP contribution in [0.1, 0.15) is 22.8 Å². The minimum atomic E-state index is -0.538. The zero-order valence-corrected chi connectivity index (χ0v) is 11.4. The first-order valence-electron chi connectivity index (χ1n) is 6.57. The zero-order chi connectivity index (χ0) is 15.0. The van der Waals surface area contributed by atoms with Gasteiger partial charge in [-0.2, -0.15) is 0 Å². The van der Waals surface area contributed by atoms with Crippen molar-refractivity contribution in [2.45, 2.75) is 13.0 Å². The summed E-state index contributed by atoms with van der Waals surface area (Å²) in [4.78, 5) is 24.1. The summed E-state index contributed by atoms with van der Waals surface area (Å²) in [5.74, 6) is 0.134. The number of nitrogens with one attached hydrogen (secondary N) is 1. The molecular weight excluding hydrogens is 268 g/mol. The zero-order valence-electron chi connectivity index (χ0n) is 11.4. The predicted octanol–water partition coefficient (Wildman–Crippen LogP) is 2.22. The van der Waals surface area contributed by atoms with E-state index in [0.29, 0.717) is 28.3 Å². The number of hydrogen-bond acceptors (Lipinski definition) is 4. The summed E-state index contributed by atoms with van der Waals surface area (Å²) in [6.45, 7) is 1.67. The van der Waals surface area contributed by atoms with Crippen LogP contribution < -0.4 is 15.8 Å². The summed E-state index contributed by atoms with van der Waals surface area (Å²) in [6.07, 6.45) is -0.538. The number of ether oxygens (including phenoxy) is 1. The molecule has 1 aliphatic rings. The summed E-state index contributed by atoms with van der Waals surface area (Å²) < 4.78 is 5.46. The number of rotatable bonds is 2. The number of ketones is 1. The first-order valence-corrected chi connectivity index (χ1v) is 6.57. The van der Waals surface area contributed by atoms with Crippen LogP contribution in [0, 0.1) is 0 Å². The number of anilines is 2. The number of carbonyl (C=O) groups is 2. The maximum atomic E-state index is 12.5. The number of hydrogen-bond donors (Lipinski definition) is 2. The van der Waals surface area contributed by atoms with Crippen molar-refractivity contribution in [1.82, 2.24) is 0 Å². The average molecular weight is 282 g/mol. The lowest BCUT2D eigenvalue weighted by molar-refractivity contribution is -0.122. The van der Waals surface area contributed by atoms with Gasteiger partial charge in [0.2, 0.25) is 0 Å². The number of nitrogen functional groups attached to an aromatic ring is 1. The normalized spacial score (nSPS) is 16.6. The molecule has 0 bridgehead atoms.